The van der Waals surface area contributed by atoms with Crippen molar-refractivity contribution in [3.63, 3.8) is 0 Å². The molecule has 2 rings (SSSR count). The third kappa shape index (κ3) is 2.40. The Morgan fingerprint density at radius 3 is 2.23 bits per heavy atom. The Kier molecular flexibility index (Phi) is 4.68. The van der Waals surface area contributed by atoms with Gasteiger partial charge in [0, 0.05) is 11.8 Å². The van der Waals surface area contributed by atoms with Crippen molar-refractivity contribution in [1.82, 2.24) is 0 Å². The van der Waals surface area contributed by atoms with Crippen molar-refractivity contribution < 1.29 is 4.74 Å². The quantitative estimate of drug-likeness (QED) is 0.781. The number of hydrogen-bond donors (Lipinski definition) is 0. The van der Waals surface area contributed by atoms with Gasteiger partial charge in [0.2, 0.25) is 0 Å². The largest absolute Gasteiger partial charge is 0.497 e. The fourth-order valence-corrected chi connectivity index (χ4v) is 3.54. The molecule has 0 bridgehead atoms. The van der Waals surface area contributed by atoms with Gasteiger partial charge in [-0.1, -0.05) is 24.3 Å². The van der Waals surface area contributed by atoms with E-state index in [1.165, 1.54) is 0 Å². The van der Waals surface area contributed by atoms with Crippen molar-refractivity contribution in [2.75, 3.05) is 7.11 Å². The molecule has 22 heavy (non-hydrogen) atoms. The van der Waals surface area contributed by atoms with Gasteiger partial charge in [-0.3, -0.25) is 0 Å². The molecule has 3 heteroatoms. The summed E-state index contributed by atoms with van der Waals surface area (Å²) in [6.45, 7) is 7.74. The minimum atomic E-state index is -1.10. The number of nitrogens with zero attached hydrogens (tertiary/aromatic N) is 2. The molecule has 1 aliphatic rings. The highest BCUT2D eigenvalue weighted by molar-refractivity contribution is 5.38. The van der Waals surface area contributed by atoms with Gasteiger partial charge in [-0.2, -0.15) is 10.5 Å². The first-order valence-electron chi connectivity index (χ1n) is 7.38. The lowest BCUT2D eigenvalue weighted by molar-refractivity contribution is 0.184. The Labute approximate surface area is 132 Å². The fraction of sp³-hybridized carbons (Fsp3) is 0.368. The molecule has 0 amide bonds. The lowest BCUT2D eigenvalue weighted by Gasteiger charge is -2.43. The van der Waals surface area contributed by atoms with Gasteiger partial charge in [-0.15, -0.1) is 13.2 Å². The summed E-state index contributed by atoms with van der Waals surface area (Å²) in [5.41, 5.74) is -0.131. The van der Waals surface area contributed by atoms with Gasteiger partial charge < -0.3 is 4.74 Å². The molecule has 3 atom stereocenters. The van der Waals surface area contributed by atoms with E-state index in [1.54, 1.807) is 13.2 Å². The van der Waals surface area contributed by atoms with E-state index < -0.39 is 5.41 Å². The average molecular weight is 292 g/mol. The summed E-state index contributed by atoms with van der Waals surface area (Å²) in [7, 11) is 1.62. The normalized spacial score (nSPS) is 26.2. The highest BCUT2D eigenvalue weighted by Gasteiger charge is 2.51. The Bertz CT molecular complexity index is 619. The van der Waals surface area contributed by atoms with Crippen LogP contribution < -0.4 is 4.74 Å². The van der Waals surface area contributed by atoms with Crippen LogP contribution in [0.15, 0.2) is 49.6 Å². The Balaban J connectivity index is 2.57. The fourth-order valence-electron chi connectivity index (χ4n) is 3.54. The molecule has 0 unspecified atom stereocenters. The van der Waals surface area contributed by atoms with Crippen molar-refractivity contribution in [2.24, 2.45) is 17.3 Å². The number of rotatable bonds is 4. The van der Waals surface area contributed by atoms with Gasteiger partial charge in [0.1, 0.15) is 5.75 Å². The maximum atomic E-state index is 9.81. The molecule has 1 saturated carbocycles. The van der Waals surface area contributed by atoms with Crippen molar-refractivity contribution in [3.8, 4) is 17.9 Å². The van der Waals surface area contributed by atoms with E-state index in [-0.39, 0.29) is 17.8 Å². The second-order valence-electron chi connectivity index (χ2n) is 5.66. The summed E-state index contributed by atoms with van der Waals surface area (Å²) in [5, 5.41) is 19.6. The maximum absolute atomic E-state index is 9.81. The maximum Gasteiger partial charge on any atom is 0.157 e. The summed E-state index contributed by atoms with van der Waals surface area (Å²) in [5.74, 6) is 0.520. The third-order valence-electron chi connectivity index (χ3n) is 4.75. The van der Waals surface area contributed by atoms with Gasteiger partial charge in [-0.05, 0) is 36.5 Å². The average Bonchev–Trinajstić information content (AvgIpc) is 2.60. The molecule has 0 heterocycles. The molecule has 0 aliphatic heterocycles. The van der Waals surface area contributed by atoms with Crippen LogP contribution >= 0.6 is 0 Å². The summed E-state index contributed by atoms with van der Waals surface area (Å²) in [6.07, 6.45) is 5.32. The molecule has 0 radical (unpaired) electrons. The van der Waals surface area contributed by atoms with Crippen molar-refractivity contribution >= 4 is 0 Å². The molecule has 112 valence electrons. The van der Waals surface area contributed by atoms with E-state index >= 15 is 0 Å². The molecule has 1 aromatic carbocycles. The molecule has 0 saturated heterocycles. The van der Waals surface area contributed by atoms with Crippen LogP contribution in [-0.2, 0) is 0 Å². The van der Waals surface area contributed by atoms with E-state index in [9.17, 15) is 10.5 Å². The molecular weight excluding hydrogens is 272 g/mol. The third-order valence-corrected chi connectivity index (χ3v) is 4.75. The molecule has 1 fully saturated rings. The smallest absolute Gasteiger partial charge is 0.157 e. The molecule has 1 aromatic rings. The minimum absolute atomic E-state index is 0.101. The monoisotopic (exact) mass is 292 g/mol. The van der Waals surface area contributed by atoms with Gasteiger partial charge >= 0.3 is 0 Å². The standard InChI is InChI=1S/C19H20N2O/c1-4-14-6-9-16(5-2)19(12-20,13-21)18(14)15-7-10-17(22-3)11-8-15/h4-5,7-8,10-11,14,16,18H,1-2,6,9H2,3H3/t14-,16-,18-/m0/s1. The van der Waals surface area contributed by atoms with Gasteiger partial charge in [0.15, 0.2) is 5.41 Å². The van der Waals surface area contributed by atoms with Crippen LogP contribution in [0.2, 0.25) is 0 Å². The molecular formula is C19H20N2O. The number of hydrogen-bond acceptors (Lipinski definition) is 3. The lowest BCUT2D eigenvalue weighted by atomic mass is 9.56. The second kappa shape index (κ2) is 6.50. The van der Waals surface area contributed by atoms with E-state index in [2.05, 4.69) is 25.3 Å². The zero-order valence-corrected chi connectivity index (χ0v) is 12.8. The minimum Gasteiger partial charge on any atom is -0.497 e. The van der Waals surface area contributed by atoms with Crippen molar-refractivity contribution in [1.29, 1.82) is 10.5 Å². The van der Waals surface area contributed by atoms with E-state index in [0.717, 1.165) is 24.2 Å². The summed E-state index contributed by atoms with van der Waals surface area (Å²) in [6, 6.07) is 12.2. The first kappa shape index (κ1) is 15.9. The van der Waals surface area contributed by atoms with E-state index in [0.29, 0.717) is 0 Å². The first-order chi connectivity index (χ1) is 10.7. The van der Waals surface area contributed by atoms with Crippen LogP contribution in [0.25, 0.3) is 0 Å². The summed E-state index contributed by atoms with van der Waals surface area (Å²) >= 11 is 0. The van der Waals surface area contributed by atoms with E-state index in [1.807, 2.05) is 30.3 Å². The second-order valence-corrected chi connectivity index (χ2v) is 5.66. The Morgan fingerprint density at radius 2 is 1.77 bits per heavy atom. The van der Waals surface area contributed by atoms with E-state index in [4.69, 9.17) is 4.74 Å². The van der Waals surface area contributed by atoms with Crippen LogP contribution in [0.1, 0.15) is 24.3 Å². The predicted octanol–water partition coefficient (Wildman–Crippen LogP) is 4.21. The number of methoxy groups -OCH3 is 1. The molecule has 1 aliphatic carbocycles. The Hall–Kier alpha value is -2.52. The van der Waals surface area contributed by atoms with Crippen LogP contribution in [0.5, 0.6) is 5.75 Å². The van der Waals surface area contributed by atoms with Gasteiger partial charge in [0.05, 0.1) is 19.2 Å². The van der Waals surface area contributed by atoms with Crippen LogP contribution in [0.3, 0.4) is 0 Å². The SMILES string of the molecule is C=C[C@H]1CC[C@H](C=C)C(C#N)(C#N)[C@@H]1c1ccc(OC)cc1. The number of allylic oxidation sites excluding steroid dienone is 2. The summed E-state index contributed by atoms with van der Waals surface area (Å²) in [4.78, 5) is 0. The predicted molar refractivity (Wildman–Crippen MR) is 86.0 cm³/mol. The van der Waals surface area contributed by atoms with Gasteiger partial charge in [-0.25, -0.2) is 0 Å². The van der Waals surface area contributed by atoms with Crippen LogP contribution in [0, 0.1) is 39.9 Å². The van der Waals surface area contributed by atoms with Gasteiger partial charge in [0.25, 0.3) is 0 Å². The van der Waals surface area contributed by atoms with Crippen LogP contribution in [0.4, 0.5) is 0 Å². The molecule has 0 N–H and O–H groups in total. The highest BCUT2D eigenvalue weighted by Crippen LogP contribution is 2.53. The van der Waals surface area contributed by atoms with Crippen molar-refractivity contribution in [3.05, 3.63) is 55.1 Å². The lowest BCUT2D eigenvalue weighted by Crippen LogP contribution is -2.41. The van der Waals surface area contributed by atoms with Crippen LogP contribution in [-0.4, -0.2) is 7.11 Å². The summed E-state index contributed by atoms with van der Waals surface area (Å²) < 4.78 is 5.19. The number of nitriles is 2. The topological polar surface area (TPSA) is 56.8 Å². The number of ether oxygens (including phenoxy) is 1. The number of benzene rings is 1. The molecule has 0 aromatic heterocycles. The first-order valence-corrected chi connectivity index (χ1v) is 7.38. The molecule has 0 spiro atoms. The zero-order chi connectivity index (χ0) is 16.2. The highest BCUT2D eigenvalue weighted by atomic mass is 16.5. The zero-order valence-electron chi connectivity index (χ0n) is 12.8. The van der Waals surface area contributed by atoms with Crippen molar-refractivity contribution in [2.45, 2.75) is 18.8 Å². The molecule has 3 nitrogen and oxygen atoms in total. The Morgan fingerprint density at radius 1 is 1.14 bits per heavy atom.